The maximum Gasteiger partial charge on any atom is 0.341 e. The van der Waals surface area contributed by atoms with Crippen molar-refractivity contribution in [2.24, 2.45) is 0 Å². The third kappa shape index (κ3) is 3.92. The van der Waals surface area contributed by atoms with Crippen molar-refractivity contribution in [3.05, 3.63) is 68.2 Å². The van der Waals surface area contributed by atoms with E-state index in [1.807, 2.05) is 32.9 Å². The molecule has 0 saturated carbocycles. The maximum atomic E-state index is 12.3. The Morgan fingerprint density at radius 3 is 2.13 bits per heavy atom. The van der Waals surface area contributed by atoms with Crippen molar-refractivity contribution in [3.63, 3.8) is 0 Å². The van der Waals surface area contributed by atoms with Gasteiger partial charge in [-0.25, -0.2) is 4.79 Å². The van der Waals surface area contributed by atoms with Crippen molar-refractivity contribution < 1.29 is 14.3 Å². The summed E-state index contributed by atoms with van der Waals surface area (Å²) in [6.07, 6.45) is 0. The molecule has 3 nitrogen and oxygen atoms in total. The zero-order valence-corrected chi connectivity index (χ0v) is 14.6. The minimum Gasteiger partial charge on any atom is -0.454 e. The minimum absolute atomic E-state index is 0.0699. The molecule has 0 N–H and O–H groups in total. The first-order valence-electron chi connectivity index (χ1n) is 7.03. The molecule has 0 saturated heterocycles. The molecule has 0 aliphatic rings. The van der Waals surface area contributed by atoms with E-state index < -0.39 is 5.97 Å². The molecule has 2 aromatic rings. The maximum absolute atomic E-state index is 12.3. The van der Waals surface area contributed by atoms with Crippen LogP contribution in [0.25, 0.3) is 0 Å². The molecular formula is C18H16Cl2O3. The van der Waals surface area contributed by atoms with E-state index in [9.17, 15) is 9.59 Å². The van der Waals surface area contributed by atoms with Crippen molar-refractivity contribution >= 4 is 35.0 Å². The summed E-state index contributed by atoms with van der Waals surface area (Å²) >= 11 is 11.9. The first-order chi connectivity index (χ1) is 10.8. The lowest BCUT2D eigenvalue weighted by atomic mass is 9.98. The number of hydrogen-bond donors (Lipinski definition) is 0. The summed E-state index contributed by atoms with van der Waals surface area (Å²) in [7, 11) is 0. The molecule has 0 aliphatic heterocycles. The average Bonchev–Trinajstić information content (AvgIpc) is 2.48. The van der Waals surface area contributed by atoms with Gasteiger partial charge in [0.25, 0.3) is 0 Å². The Bertz CT molecular complexity index is 762. The summed E-state index contributed by atoms with van der Waals surface area (Å²) in [5.41, 5.74) is 3.59. The number of carbonyl (C=O) groups excluding carboxylic acids is 2. The fourth-order valence-corrected chi connectivity index (χ4v) is 2.79. The van der Waals surface area contributed by atoms with Crippen molar-refractivity contribution in [2.45, 2.75) is 20.8 Å². The number of esters is 1. The number of ketones is 1. The molecule has 2 aromatic carbocycles. The molecule has 0 radical (unpaired) electrons. The van der Waals surface area contributed by atoms with Gasteiger partial charge in [-0.15, -0.1) is 0 Å². The Balaban J connectivity index is 2.13. The first-order valence-corrected chi connectivity index (χ1v) is 7.79. The highest BCUT2D eigenvalue weighted by Crippen LogP contribution is 2.25. The van der Waals surface area contributed by atoms with E-state index in [-0.39, 0.29) is 28.0 Å². The highest BCUT2D eigenvalue weighted by atomic mass is 35.5. The summed E-state index contributed by atoms with van der Waals surface area (Å²) in [5, 5.41) is 0.384. The second-order valence-electron chi connectivity index (χ2n) is 5.35. The predicted molar refractivity (Wildman–Crippen MR) is 91.7 cm³/mol. The molecule has 120 valence electrons. The molecule has 0 fully saturated rings. The summed E-state index contributed by atoms with van der Waals surface area (Å²) in [5.74, 6) is -0.974. The number of benzene rings is 2. The van der Waals surface area contributed by atoms with E-state index in [0.29, 0.717) is 5.56 Å². The molecule has 0 heterocycles. The molecule has 5 heteroatoms. The van der Waals surface area contributed by atoms with Gasteiger partial charge < -0.3 is 4.74 Å². The van der Waals surface area contributed by atoms with Crippen LogP contribution < -0.4 is 0 Å². The van der Waals surface area contributed by atoms with Crippen LogP contribution in [0.5, 0.6) is 0 Å². The van der Waals surface area contributed by atoms with Gasteiger partial charge >= 0.3 is 5.97 Å². The van der Waals surface area contributed by atoms with Gasteiger partial charge in [0.15, 0.2) is 6.61 Å². The van der Waals surface area contributed by atoms with Gasteiger partial charge in [0.1, 0.15) is 0 Å². The van der Waals surface area contributed by atoms with E-state index in [4.69, 9.17) is 27.9 Å². The topological polar surface area (TPSA) is 43.4 Å². The number of aryl methyl sites for hydroxylation is 3. The number of halogens is 2. The normalized spacial score (nSPS) is 10.5. The van der Waals surface area contributed by atoms with Crippen LogP contribution >= 0.6 is 23.2 Å². The van der Waals surface area contributed by atoms with Crippen molar-refractivity contribution in [1.82, 2.24) is 0 Å². The zero-order chi connectivity index (χ0) is 17.1. The Hall–Kier alpha value is -1.84. The van der Waals surface area contributed by atoms with Gasteiger partial charge in [-0.2, -0.15) is 0 Å². The largest absolute Gasteiger partial charge is 0.454 e. The molecule has 23 heavy (non-hydrogen) atoms. The van der Waals surface area contributed by atoms with Crippen molar-refractivity contribution in [2.75, 3.05) is 6.61 Å². The standard InChI is InChI=1S/C18H16Cl2O3/c1-10-7-12(3)13(8-11(10)2)16(21)9-23-18(22)17-14(19)5-4-6-15(17)20/h4-8H,9H2,1-3H3. The van der Waals surface area contributed by atoms with Crippen LogP contribution in [0.3, 0.4) is 0 Å². The lowest BCUT2D eigenvalue weighted by Gasteiger charge is -2.10. The molecule has 0 spiro atoms. The Labute approximate surface area is 145 Å². The van der Waals surface area contributed by atoms with Crippen LogP contribution in [0.15, 0.2) is 30.3 Å². The fourth-order valence-electron chi connectivity index (χ4n) is 2.23. The summed E-state index contributed by atoms with van der Waals surface area (Å²) in [4.78, 5) is 24.4. The number of hydrogen-bond acceptors (Lipinski definition) is 3. The van der Waals surface area contributed by atoms with Gasteiger partial charge in [0.2, 0.25) is 5.78 Å². The van der Waals surface area contributed by atoms with Crippen LogP contribution in [-0.2, 0) is 4.74 Å². The van der Waals surface area contributed by atoms with E-state index >= 15 is 0 Å². The molecule has 0 aliphatic carbocycles. The van der Waals surface area contributed by atoms with E-state index in [1.165, 1.54) is 0 Å². The highest BCUT2D eigenvalue weighted by molar-refractivity contribution is 6.39. The number of rotatable bonds is 4. The molecule has 2 rings (SSSR count). The lowest BCUT2D eigenvalue weighted by molar-refractivity contribution is 0.0475. The number of Topliss-reactive ketones (excluding diaryl/α,β-unsaturated/α-hetero) is 1. The average molecular weight is 351 g/mol. The van der Waals surface area contributed by atoms with Gasteiger partial charge in [-0.3, -0.25) is 4.79 Å². The van der Waals surface area contributed by atoms with Crippen LogP contribution in [0.2, 0.25) is 10.0 Å². The SMILES string of the molecule is Cc1cc(C)c(C(=O)COC(=O)c2c(Cl)cccc2Cl)cc1C. The van der Waals surface area contributed by atoms with Crippen LogP contribution in [0.4, 0.5) is 0 Å². The summed E-state index contributed by atoms with van der Waals surface area (Å²) in [6.45, 7) is 5.41. The number of carbonyl (C=O) groups is 2. The van der Waals surface area contributed by atoms with Gasteiger partial charge in [-0.1, -0.05) is 35.3 Å². The van der Waals surface area contributed by atoms with Crippen LogP contribution in [-0.4, -0.2) is 18.4 Å². The van der Waals surface area contributed by atoms with Gasteiger partial charge in [0, 0.05) is 5.56 Å². The zero-order valence-electron chi connectivity index (χ0n) is 13.1. The van der Waals surface area contributed by atoms with Gasteiger partial charge in [-0.05, 0) is 55.7 Å². The van der Waals surface area contributed by atoms with Crippen LogP contribution in [0, 0.1) is 20.8 Å². The van der Waals surface area contributed by atoms with Gasteiger partial charge in [0.05, 0.1) is 15.6 Å². The molecule has 0 aromatic heterocycles. The fraction of sp³-hybridized carbons (Fsp3) is 0.222. The molecular weight excluding hydrogens is 335 g/mol. The highest BCUT2D eigenvalue weighted by Gasteiger charge is 2.18. The molecule has 0 atom stereocenters. The Kier molecular flexibility index (Phi) is 5.45. The van der Waals surface area contributed by atoms with E-state index in [0.717, 1.165) is 16.7 Å². The quantitative estimate of drug-likeness (QED) is 0.578. The van der Waals surface area contributed by atoms with E-state index in [1.54, 1.807) is 18.2 Å². The Morgan fingerprint density at radius 2 is 1.52 bits per heavy atom. The summed E-state index contributed by atoms with van der Waals surface area (Å²) < 4.78 is 5.07. The Morgan fingerprint density at radius 1 is 0.957 bits per heavy atom. The van der Waals surface area contributed by atoms with Crippen LogP contribution in [0.1, 0.15) is 37.4 Å². The minimum atomic E-state index is -0.713. The molecule has 0 bridgehead atoms. The molecule has 0 unspecified atom stereocenters. The van der Waals surface area contributed by atoms with Crippen molar-refractivity contribution in [1.29, 1.82) is 0 Å². The monoisotopic (exact) mass is 350 g/mol. The second kappa shape index (κ2) is 7.16. The predicted octanol–water partition coefficient (Wildman–Crippen LogP) is 4.96. The smallest absolute Gasteiger partial charge is 0.341 e. The molecule has 0 amide bonds. The van der Waals surface area contributed by atoms with Crippen molar-refractivity contribution in [3.8, 4) is 0 Å². The first kappa shape index (κ1) is 17.5. The van der Waals surface area contributed by atoms with E-state index in [2.05, 4.69) is 0 Å². The third-order valence-electron chi connectivity index (χ3n) is 3.64. The lowest BCUT2D eigenvalue weighted by Crippen LogP contribution is -2.16. The summed E-state index contributed by atoms with van der Waals surface area (Å²) in [6, 6.07) is 8.46. The second-order valence-corrected chi connectivity index (χ2v) is 6.16. The third-order valence-corrected chi connectivity index (χ3v) is 4.27. The number of ether oxygens (including phenoxy) is 1.